The highest BCUT2D eigenvalue weighted by Crippen LogP contribution is 2.20. The van der Waals surface area contributed by atoms with Crippen molar-refractivity contribution < 1.29 is 9.53 Å². The maximum Gasteiger partial charge on any atom is 0.170 e. The molecule has 1 aliphatic heterocycles. The lowest BCUT2D eigenvalue weighted by atomic mass is 9.95. The van der Waals surface area contributed by atoms with Gasteiger partial charge in [-0.05, 0) is 24.4 Å². The lowest BCUT2D eigenvalue weighted by Gasteiger charge is -2.17. The van der Waals surface area contributed by atoms with Gasteiger partial charge in [-0.15, -0.1) is 0 Å². The van der Waals surface area contributed by atoms with Crippen LogP contribution >= 0.6 is 11.3 Å². The molecule has 2 heterocycles. The van der Waals surface area contributed by atoms with Gasteiger partial charge in [-0.2, -0.15) is 11.3 Å². The van der Waals surface area contributed by atoms with E-state index in [1.54, 1.807) is 11.3 Å². The van der Waals surface area contributed by atoms with Crippen molar-refractivity contribution in [3.63, 3.8) is 0 Å². The van der Waals surface area contributed by atoms with E-state index in [2.05, 4.69) is 12.2 Å². The molecule has 1 N–H and O–H groups in total. The van der Waals surface area contributed by atoms with Crippen LogP contribution in [0.15, 0.2) is 16.8 Å². The van der Waals surface area contributed by atoms with Crippen molar-refractivity contribution in [2.24, 2.45) is 5.92 Å². The van der Waals surface area contributed by atoms with Crippen molar-refractivity contribution in [2.75, 3.05) is 19.8 Å². The Morgan fingerprint density at radius 3 is 3.19 bits per heavy atom. The Morgan fingerprint density at radius 2 is 2.50 bits per heavy atom. The predicted octanol–water partition coefficient (Wildman–Crippen LogP) is 1.95. The second kappa shape index (κ2) is 5.57. The van der Waals surface area contributed by atoms with Gasteiger partial charge in [-0.25, -0.2) is 0 Å². The van der Waals surface area contributed by atoms with E-state index < -0.39 is 0 Å². The molecule has 0 spiro atoms. The van der Waals surface area contributed by atoms with Gasteiger partial charge in [-0.1, -0.05) is 6.92 Å². The van der Waals surface area contributed by atoms with Crippen LogP contribution in [-0.4, -0.2) is 31.6 Å². The van der Waals surface area contributed by atoms with Crippen molar-refractivity contribution in [1.82, 2.24) is 5.32 Å². The van der Waals surface area contributed by atoms with E-state index in [9.17, 15) is 4.79 Å². The van der Waals surface area contributed by atoms with Crippen molar-refractivity contribution >= 4 is 17.1 Å². The molecule has 2 rings (SSSR count). The highest BCUT2D eigenvalue weighted by atomic mass is 32.1. The Morgan fingerprint density at radius 1 is 1.62 bits per heavy atom. The number of ketones is 1. The summed E-state index contributed by atoms with van der Waals surface area (Å²) in [5.74, 6) is 0.202. The number of thiophene rings is 1. The number of nitrogens with one attached hydrogen (secondary N) is 1. The Balaban J connectivity index is 1.99. The number of hydrogen-bond acceptors (Lipinski definition) is 4. The average molecular weight is 239 g/mol. The first-order valence-electron chi connectivity index (χ1n) is 5.70. The second-order valence-electron chi connectivity index (χ2n) is 4.08. The van der Waals surface area contributed by atoms with Crippen LogP contribution in [0.4, 0.5) is 0 Å². The summed E-state index contributed by atoms with van der Waals surface area (Å²) in [5.41, 5.74) is 0.823. The SMILES string of the molecule is CCCNC1COCC1C(=O)c1ccsc1. The lowest BCUT2D eigenvalue weighted by molar-refractivity contribution is 0.0892. The van der Waals surface area contributed by atoms with Crippen molar-refractivity contribution in [3.8, 4) is 0 Å². The lowest BCUT2D eigenvalue weighted by Crippen LogP contribution is -2.39. The van der Waals surface area contributed by atoms with Gasteiger partial charge < -0.3 is 10.1 Å². The molecular formula is C12H17NO2S. The highest BCUT2D eigenvalue weighted by Gasteiger charge is 2.33. The zero-order chi connectivity index (χ0) is 11.4. The molecule has 0 amide bonds. The smallest absolute Gasteiger partial charge is 0.170 e. The summed E-state index contributed by atoms with van der Waals surface area (Å²) in [6.07, 6.45) is 1.08. The summed E-state index contributed by atoms with van der Waals surface area (Å²) in [7, 11) is 0. The van der Waals surface area contributed by atoms with Crippen LogP contribution < -0.4 is 5.32 Å². The number of hydrogen-bond donors (Lipinski definition) is 1. The summed E-state index contributed by atoms with van der Waals surface area (Å²) in [4.78, 5) is 12.2. The standard InChI is InChI=1S/C12H17NO2S/c1-2-4-13-11-7-15-6-10(11)12(14)9-3-5-16-8-9/h3,5,8,10-11,13H,2,4,6-7H2,1H3. The number of rotatable bonds is 5. The van der Waals surface area contributed by atoms with Gasteiger partial charge in [-0.3, -0.25) is 4.79 Å². The summed E-state index contributed by atoms with van der Waals surface area (Å²) >= 11 is 1.56. The van der Waals surface area contributed by atoms with E-state index in [1.165, 1.54) is 0 Å². The zero-order valence-electron chi connectivity index (χ0n) is 9.44. The molecule has 1 aromatic heterocycles. The van der Waals surface area contributed by atoms with E-state index in [4.69, 9.17) is 4.74 Å². The molecule has 0 radical (unpaired) electrons. The maximum atomic E-state index is 12.2. The minimum absolute atomic E-state index is 0.0128. The first kappa shape index (κ1) is 11.8. The van der Waals surface area contributed by atoms with Gasteiger partial charge in [0, 0.05) is 17.0 Å². The molecule has 0 saturated carbocycles. The Kier molecular flexibility index (Phi) is 4.09. The van der Waals surface area contributed by atoms with E-state index in [0.29, 0.717) is 13.2 Å². The van der Waals surface area contributed by atoms with Gasteiger partial charge in [0.15, 0.2) is 5.78 Å². The Labute approximate surface area is 99.8 Å². The number of ether oxygens (including phenoxy) is 1. The maximum absolute atomic E-state index is 12.2. The van der Waals surface area contributed by atoms with Crippen molar-refractivity contribution in [2.45, 2.75) is 19.4 Å². The number of carbonyl (C=O) groups excluding carboxylic acids is 1. The summed E-state index contributed by atoms with van der Waals surface area (Å²) in [6.45, 7) is 4.27. The second-order valence-corrected chi connectivity index (χ2v) is 4.86. The third-order valence-corrected chi connectivity index (χ3v) is 3.56. The average Bonchev–Trinajstić information content (AvgIpc) is 2.96. The fraction of sp³-hybridized carbons (Fsp3) is 0.583. The molecule has 88 valence electrons. The molecule has 4 heteroatoms. The molecule has 1 aromatic rings. The van der Waals surface area contributed by atoms with Gasteiger partial charge in [0.25, 0.3) is 0 Å². The summed E-state index contributed by atoms with van der Waals surface area (Å²) < 4.78 is 5.41. The fourth-order valence-electron chi connectivity index (χ4n) is 1.96. The number of carbonyl (C=O) groups is 1. The van der Waals surface area contributed by atoms with Gasteiger partial charge >= 0.3 is 0 Å². The predicted molar refractivity (Wildman–Crippen MR) is 65.0 cm³/mol. The van der Waals surface area contributed by atoms with Crippen LogP contribution in [0.1, 0.15) is 23.7 Å². The molecule has 2 atom stereocenters. The first-order valence-corrected chi connectivity index (χ1v) is 6.64. The van der Waals surface area contributed by atoms with E-state index in [-0.39, 0.29) is 17.7 Å². The highest BCUT2D eigenvalue weighted by molar-refractivity contribution is 7.08. The summed E-state index contributed by atoms with van der Waals surface area (Å²) in [5, 5.41) is 7.24. The largest absolute Gasteiger partial charge is 0.379 e. The van der Waals surface area contributed by atoms with Gasteiger partial charge in [0.05, 0.1) is 19.1 Å². The molecule has 1 saturated heterocycles. The molecule has 2 unspecified atom stereocenters. The molecule has 3 nitrogen and oxygen atoms in total. The first-order chi connectivity index (χ1) is 7.83. The number of Topliss-reactive ketones (excluding diaryl/α,β-unsaturated/α-hetero) is 1. The van der Waals surface area contributed by atoms with E-state index >= 15 is 0 Å². The Hall–Kier alpha value is -0.710. The Bertz CT molecular complexity index is 337. The van der Waals surface area contributed by atoms with E-state index in [1.807, 2.05) is 16.8 Å². The van der Waals surface area contributed by atoms with E-state index in [0.717, 1.165) is 18.5 Å². The third kappa shape index (κ3) is 2.51. The minimum Gasteiger partial charge on any atom is -0.379 e. The third-order valence-electron chi connectivity index (χ3n) is 2.88. The van der Waals surface area contributed by atoms with Crippen molar-refractivity contribution in [3.05, 3.63) is 22.4 Å². The van der Waals surface area contributed by atoms with Crippen LogP contribution in [0.3, 0.4) is 0 Å². The molecule has 1 aliphatic rings. The molecule has 16 heavy (non-hydrogen) atoms. The van der Waals surface area contributed by atoms with Crippen LogP contribution in [0.25, 0.3) is 0 Å². The van der Waals surface area contributed by atoms with Crippen LogP contribution in [0.2, 0.25) is 0 Å². The van der Waals surface area contributed by atoms with Crippen LogP contribution in [0.5, 0.6) is 0 Å². The summed E-state index contributed by atoms with van der Waals surface area (Å²) in [6, 6.07) is 2.08. The quantitative estimate of drug-likeness (QED) is 0.798. The van der Waals surface area contributed by atoms with Gasteiger partial charge in [0.1, 0.15) is 0 Å². The topological polar surface area (TPSA) is 38.3 Å². The van der Waals surface area contributed by atoms with Gasteiger partial charge in [0.2, 0.25) is 0 Å². The normalized spacial score (nSPS) is 24.8. The van der Waals surface area contributed by atoms with Crippen LogP contribution in [0, 0.1) is 5.92 Å². The van der Waals surface area contributed by atoms with Crippen molar-refractivity contribution in [1.29, 1.82) is 0 Å². The molecular weight excluding hydrogens is 222 g/mol. The molecule has 0 bridgehead atoms. The molecule has 0 aromatic carbocycles. The molecule has 1 fully saturated rings. The monoisotopic (exact) mass is 239 g/mol. The molecule has 0 aliphatic carbocycles. The van der Waals surface area contributed by atoms with Crippen LogP contribution in [-0.2, 0) is 4.74 Å². The minimum atomic E-state index is -0.0128. The zero-order valence-corrected chi connectivity index (χ0v) is 10.3. The fourth-order valence-corrected chi connectivity index (χ4v) is 2.61.